The van der Waals surface area contributed by atoms with E-state index >= 15 is 0 Å². The number of nitriles is 1. The number of hydrogen-bond donors (Lipinski definition) is 1. The topological polar surface area (TPSA) is 62.3 Å². The van der Waals surface area contributed by atoms with E-state index in [0.717, 1.165) is 5.69 Å². The highest BCUT2D eigenvalue weighted by molar-refractivity contribution is 5.76. The molecule has 0 aromatic heterocycles. The lowest BCUT2D eigenvalue weighted by atomic mass is 10.2. The molecule has 0 spiro atoms. The first kappa shape index (κ1) is 14.7. The number of nitrogens with zero attached hydrogens (tertiary/aromatic N) is 2. The number of halogens is 1. The zero-order chi connectivity index (χ0) is 15.4. The Morgan fingerprint density at radius 3 is 2.52 bits per heavy atom. The Hall–Kier alpha value is -2.74. The maximum absolute atomic E-state index is 13.7. The van der Waals surface area contributed by atoms with Crippen LogP contribution in [0.25, 0.3) is 0 Å². The first-order valence-corrected chi connectivity index (χ1v) is 6.52. The van der Waals surface area contributed by atoms with Crippen molar-refractivity contribution in [3.63, 3.8) is 0 Å². The molecule has 4 nitrogen and oxygen atoms in total. The van der Waals surface area contributed by atoms with Crippen molar-refractivity contribution in [1.82, 2.24) is 0 Å². The SMILES string of the molecule is CCOc1cc(N(C)c2ccc(C#N)cc2)c(N)cc1F. The molecule has 2 rings (SSSR count). The summed E-state index contributed by atoms with van der Waals surface area (Å²) >= 11 is 0. The van der Waals surface area contributed by atoms with Crippen LogP contribution in [0, 0.1) is 17.1 Å². The van der Waals surface area contributed by atoms with Gasteiger partial charge in [-0.25, -0.2) is 4.39 Å². The molecule has 5 heteroatoms. The lowest BCUT2D eigenvalue weighted by Gasteiger charge is -2.22. The van der Waals surface area contributed by atoms with Crippen LogP contribution in [0.1, 0.15) is 12.5 Å². The smallest absolute Gasteiger partial charge is 0.167 e. The van der Waals surface area contributed by atoms with E-state index < -0.39 is 5.82 Å². The summed E-state index contributed by atoms with van der Waals surface area (Å²) in [4.78, 5) is 1.82. The van der Waals surface area contributed by atoms with Gasteiger partial charge in [0.05, 0.1) is 29.6 Å². The van der Waals surface area contributed by atoms with Gasteiger partial charge in [-0.05, 0) is 31.2 Å². The Morgan fingerprint density at radius 1 is 1.29 bits per heavy atom. The number of rotatable bonds is 4. The molecule has 0 aliphatic rings. The van der Waals surface area contributed by atoms with Crippen LogP contribution in [-0.4, -0.2) is 13.7 Å². The van der Waals surface area contributed by atoms with Gasteiger partial charge in [-0.3, -0.25) is 0 Å². The Balaban J connectivity index is 2.39. The minimum atomic E-state index is -0.480. The monoisotopic (exact) mass is 285 g/mol. The van der Waals surface area contributed by atoms with Crippen LogP contribution in [0.2, 0.25) is 0 Å². The highest BCUT2D eigenvalue weighted by Crippen LogP contribution is 2.34. The molecule has 0 amide bonds. The second-order valence-electron chi connectivity index (χ2n) is 4.49. The van der Waals surface area contributed by atoms with E-state index in [0.29, 0.717) is 23.5 Å². The lowest BCUT2D eigenvalue weighted by molar-refractivity contribution is 0.322. The Morgan fingerprint density at radius 2 is 1.95 bits per heavy atom. The van der Waals surface area contributed by atoms with Gasteiger partial charge in [0.15, 0.2) is 11.6 Å². The average Bonchev–Trinajstić information content (AvgIpc) is 2.49. The van der Waals surface area contributed by atoms with E-state index in [1.54, 1.807) is 25.1 Å². The molecule has 0 unspecified atom stereocenters. The summed E-state index contributed by atoms with van der Waals surface area (Å²) in [6.45, 7) is 2.17. The number of nitrogen functional groups attached to an aromatic ring is 1. The van der Waals surface area contributed by atoms with Crippen molar-refractivity contribution in [2.24, 2.45) is 0 Å². The predicted octanol–water partition coefficient (Wildman–Crippen LogP) is 3.45. The molecule has 2 N–H and O–H groups in total. The number of benzene rings is 2. The van der Waals surface area contributed by atoms with Crippen LogP contribution >= 0.6 is 0 Å². The van der Waals surface area contributed by atoms with Crippen molar-refractivity contribution in [3.8, 4) is 11.8 Å². The molecular formula is C16H16FN3O. The van der Waals surface area contributed by atoms with Crippen molar-refractivity contribution in [2.75, 3.05) is 24.3 Å². The van der Waals surface area contributed by atoms with Crippen LogP contribution in [0.15, 0.2) is 36.4 Å². The molecule has 2 aromatic rings. The fourth-order valence-corrected chi connectivity index (χ4v) is 2.01. The van der Waals surface area contributed by atoms with E-state index in [1.165, 1.54) is 6.07 Å². The van der Waals surface area contributed by atoms with Gasteiger partial charge in [0.2, 0.25) is 0 Å². The molecule has 0 saturated carbocycles. The summed E-state index contributed by atoms with van der Waals surface area (Å²) in [5.41, 5.74) is 8.28. The minimum Gasteiger partial charge on any atom is -0.491 e. The molecule has 21 heavy (non-hydrogen) atoms. The largest absolute Gasteiger partial charge is 0.491 e. The molecule has 0 saturated heterocycles. The highest BCUT2D eigenvalue weighted by atomic mass is 19.1. The molecular weight excluding hydrogens is 269 g/mol. The zero-order valence-electron chi connectivity index (χ0n) is 11.9. The molecule has 0 aliphatic heterocycles. The van der Waals surface area contributed by atoms with Gasteiger partial charge >= 0.3 is 0 Å². The van der Waals surface area contributed by atoms with Gasteiger partial charge in [-0.15, -0.1) is 0 Å². The van der Waals surface area contributed by atoms with Gasteiger partial charge in [0.25, 0.3) is 0 Å². The van der Waals surface area contributed by atoms with Gasteiger partial charge in [-0.1, -0.05) is 0 Å². The van der Waals surface area contributed by atoms with Gasteiger partial charge < -0.3 is 15.4 Å². The highest BCUT2D eigenvalue weighted by Gasteiger charge is 2.13. The molecule has 0 fully saturated rings. The van der Waals surface area contributed by atoms with Crippen molar-refractivity contribution >= 4 is 17.1 Å². The van der Waals surface area contributed by atoms with Crippen LogP contribution in [-0.2, 0) is 0 Å². The van der Waals surface area contributed by atoms with Crippen molar-refractivity contribution in [2.45, 2.75) is 6.92 Å². The van der Waals surface area contributed by atoms with Crippen LogP contribution in [0.3, 0.4) is 0 Å². The van der Waals surface area contributed by atoms with E-state index in [-0.39, 0.29) is 5.75 Å². The van der Waals surface area contributed by atoms with Gasteiger partial charge in [0.1, 0.15) is 0 Å². The maximum Gasteiger partial charge on any atom is 0.167 e. The average molecular weight is 285 g/mol. The molecule has 0 aliphatic carbocycles. The Bertz CT molecular complexity index is 677. The third-order valence-electron chi connectivity index (χ3n) is 3.13. The quantitative estimate of drug-likeness (QED) is 0.874. The zero-order valence-corrected chi connectivity index (χ0v) is 11.9. The van der Waals surface area contributed by atoms with Crippen LogP contribution in [0.4, 0.5) is 21.5 Å². The first-order valence-electron chi connectivity index (χ1n) is 6.52. The second-order valence-corrected chi connectivity index (χ2v) is 4.49. The summed E-state index contributed by atoms with van der Waals surface area (Å²) in [5.74, 6) is -0.312. The second kappa shape index (κ2) is 6.14. The normalized spacial score (nSPS) is 10.0. The molecule has 0 atom stereocenters. The molecule has 0 bridgehead atoms. The third kappa shape index (κ3) is 3.06. The fraction of sp³-hybridized carbons (Fsp3) is 0.188. The Labute approximate surface area is 123 Å². The minimum absolute atomic E-state index is 0.169. The van der Waals surface area contributed by atoms with Crippen molar-refractivity contribution in [1.29, 1.82) is 5.26 Å². The number of anilines is 3. The lowest BCUT2D eigenvalue weighted by Crippen LogP contribution is -2.12. The third-order valence-corrected chi connectivity index (χ3v) is 3.13. The van der Waals surface area contributed by atoms with Crippen LogP contribution in [0.5, 0.6) is 5.75 Å². The van der Waals surface area contributed by atoms with Crippen LogP contribution < -0.4 is 15.4 Å². The summed E-state index contributed by atoms with van der Waals surface area (Å²) in [6, 6.07) is 11.9. The Kier molecular flexibility index (Phi) is 4.29. The standard InChI is InChI=1S/C16H16FN3O/c1-3-21-16-9-15(14(19)8-13(16)17)20(2)12-6-4-11(10-18)5-7-12/h4-9H,3,19H2,1-2H3. The molecule has 2 aromatic carbocycles. The fourth-order valence-electron chi connectivity index (χ4n) is 2.01. The van der Waals surface area contributed by atoms with E-state index in [1.807, 2.05) is 24.1 Å². The predicted molar refractivity (Wildman–Crippen MR) is 81.2 cm³/mol. The van der Waals surface area contributed by atoms with Gasteiger partial charge in [-0.2, -0.15) is 5.26 Å². The van der Waals surface area contributed by atoms with Crippen molar-refractivity contribution < 1.29 is 9.13 Å². The number of hydrogen-bond acceptors (Lipinski definition) is 4. The van der Waals surface area contributed by atoms with E-state index in [4.69, 9.17) is 15.7 Å². The maximum atomic E-state index is 13.7. The summed E-state index contributed by atoms with van der Waals surface area (Å²) in [5, 5.41) is 8.81. The summed E-state index contributed by atoms with van der Waals surface area (Å²) in [7, 11) is 1.82. The summed E-state index contributed by atoms with van der Waals surface area (Å²) < 4.78 is 19.0. The van der Waals surface area contributed by atoms with Crippen molar-refractivity contribution in [3.05, 3.63) is 47.8 Å². The number of nitrogens with two attached hydrogens (primary N) is 1. The number of ether oxygens (including phenoxy) is 1. The van der Waals surface area contributed by atoms with E-state index in [2.05, 4.69) is 6.07 Å². The summed E-state index contributed by atoms with van der Waals surface area (Å²) in [6.07, 6.45) is 0. The molecule has 0 heterocycles. The van der Waals surface area contributed by atoms with Gasteiger partial charge in [0, 0.05) is 24.9 Å². The first-order chi connectivity index (χ1) is 10.1. The molecule has 108 valence electrons. The van der Waals surface area contributed by atoms with E-state index in [9.17, 15) is 4.39 Å². The molecule has 0 radical (unpaired) electrons.